The molecule has 1 aliphatic carbocycles. The highest BCUT2D eigenvalue weighted by Crippen LogP contribution is 2.32. The van der Waals surface area contributed by atoms with Crippen LogP contribution in [0.4, 0.5) is 0 Å². The van der Waals surface area contributed by atoms with Gasteiger partial charge in [-0.15, -0.1) is 0 Å². The number of carbonyl (C=O) groups excluding carboxylic acids is 1. The number of hydrogen-bond donors (Lipinski definition) is 3. The molecule has 2 fully saturated rings. The van der Waals surface area contributed by atoms with E-state index in [-0.39, 0.29) is 17.8 Å². The van der Waals surface area contributed by atoms with Gasteiger partial charge in [-0.25, -0.2) is 4.79 Å². The van der Waals surface area contributed by atoms with Gasteiger partial charge in [-0.1, -0.05) is 5.16 Å². The quantitative estimate of drug-likeness (QED) is 0.699. The molecule has 0 spiro atoms. The second-order valence-electron chi connectivity index (χ2n) is 5.23. The van der Waals surface area contributed by atoms with Crippen LogP contribution in [0.2, 0.25) is 0 Å². The predicted octanol–water partition coefficient (Wildman–Crippen LogP) is 0.0871. The summed E-state index contributed by atoms with van der Waals surface area (Å²) in [7, 11) is 0. The SMILES string of the molecule is O=C(NC(C(=O)O)C1CC1)c1noc(C2CCCN2)n1. The molecular weight excluding hydrogens is 264 g/mol. The fourth-order valence-electron chi connectivity index (χ4n) is 2.38. The van der Waals surface area contributed by atoms with Crippen molar-refractivity contribution in [1.82, 2.24) is 20.8 Å². The molecule has 8 heteroatoms. The van der Waals surface area contributed by atoms with Crippen molar-refractivity contribution in [2.45, 2.75) is 37.8 Å². The number of aromatic nitrogens is 2. The second kappa shape index (κ2) is 5.20. The number of rotatable bonds is 5. The second-order valence-corrected chi connectivity index (χ2v) is 5.23. The molecule has 8 nitrogen and oxygen atoms in total. The van der Waals surface area contributed by atoms with Gasteiger partial charge < -0.3 is 20.3 Å². The maximum Gasteiger partial charge on any atom is 0.326 e. The van der Waals surface area contributed by atoms with E-state index < -0.39 is 17.9 Å². The van der Waals surface area contributed by atoms with Crippen molar-refractivity contribution in [2.75, 3.05) is 6.54 Å². The third kappa shape index (κ3) is 2.64. The topological polar surface area (TPSA) is 117 Å². The van der Waals surface area contributed by atoms with Crippen molar-refractivity contribution in [3.8, 4) is 0 Å². The van der Waals surface area contributed by atoms with Crippen LogP contribution < -0.4 is 10.6 Å². The third-order valence-electron chi connectivity index (χ3n) is 3.65. The van der Waals surface area contributed by atoms with Crippen molar-refractivity contribution in [1.29, 1.82) is 0 Å². The zero-order valence-electron chi connectivity index (χ0n) is 10.8. The number of nitrogens with zero attached hydrogens (tertiary/aromatic N) is 2. The number of carboxylic acids is 1. The highest BCUT2D eigenvalue weighted by atomic mass is 16.5. The van der Waals surface area contributed by atoms with Gasteiger partial charge in [0, 0.05) is 0 Å². The van der Waals surface area contributed by atoms with Crippen LogP contribution >= 0.6 is 0 Å². The number of nitrogens with one attached hydrogen (secondary N) is 2. The number of carbonyl (C=O) groups is 2. The first kappa shape index (κ1) is 13.0. The maximum atomic E-state index is 11.9. The first-order valence-electron chi connectivity index (χ1n) is 6.76. The summed E-state index contributed by atoms with van der Waals surface area (Å²) in [5.74, 6) is -1.34. The van der Waals surface area contributed by atoms with Gasteiger partial charge in [0.1, 0.15) is 6.04 Å². The normalized spacial score (nSPS) is 23.5. The maximum absolute atomic E-state index is 11.9. The van der Waals surface area contributed by atoms with Crippen molar-refractivity contribution in [2.24, 2.45) is 5.92 Å². The lowest BCUT2D eigenvalue weighted by molar-refractivity contribution is -0.139. The summed E-state index contributed by atoms with van der Waals surface area (Å²) in [6.07, 6.45) is 3.56. The molecule has 0 aromatic carbocycles. The van der Waals surface area contributed by atoms with Crippen molar-refractivity contribution >= 4 is 11.9 Å². The van der Waals surface area contributed by atoms with E-state index in [1.165, 1.54) is 0 Å². The van der Waals surface area contributed by atoms with E-state index in [0.29, 0.717) is 5.89 Å². The van der Waals surface area contributed by atoms with Gasteiger partial charge in [0.2, 0.25) is 5.89 Å². The first-order chi connectivity index (χ1) is 9.65. The molecule has 0 radical (unpaired) electrons. The van der Waals surface area contributed by atoms with E-state index in [9.17, 15) is 9.59 Å². The van der Waals surface area contributed by atoms with Gasteiger partial charge in [-0.2, -0.15) is 4.98 Å². The van der Waals surface area contributed by atoms with Crippen LogP contribution in [-0.4, -0.2) is 39.7 Å². The zero-order valence-corrected chi connectivity index (χ0v) is 10.8. The average Bonchev–Trinajstić information content (AvgIpc) is 2.94. The Morgan fingerprint density at radius 2 is 2.20 bits per heavy atom. The van der Waals surface area contributed by atoms with Crippen LogP contribution in [0, 0.1) is 5.92 Å². The number of aliphatic carboxylic acids is 1. The molecule has 20 heavy (non-hydrogen) atoms. The standard InChI is InChI=1S/C12H16N4O4/c17-10(14-8(12(18)19)6-3-4-6)9-15-11(20-16-9)7-2-1-5-13-7/h6-8,13H,1-5H2,(H,14,17)(H,18,19). The van der Waals surface area contributed by atoms with Crippen LogP contribution in [-0.2, 0) is 4.79 Å². The highest BCUT2D eigenvalue weighted by Gasteiger charge is 2.38. The molecule has 1 aromatic rings. The van der Waals surface area contributed by atoms with Crippen LogP contribution in [0.25, 0.3) is 0 Å². The molecule has 1 amide bonds. The molecule has 0 bridgehead atoms. The van der Waals surface area contributed by atoms with E-state index in [1.54, 1.807) is 0 Å². The third-order valence-corrected chi connectivity index (χ3v) is 3.65. The lowest BCUT2D eigenvalue weighted by atomic mass is 10.2. The van der Waals surface area contributed by atoms with Gasteiger partial charge in [-0.3, -0.25) is 4.79 Å². The monoisotopic (exact) mass is 280 g/mol. The van der Waals surface area contributed by atoms with E-state index in [2.05, 4.69) is 20.8 Å². The van der Waals surface area contributed by atoms with E-state index >= 15 is 0 Å². The Hall–Kier alpha value is -1.96. The highest BCUT2D eigenvalue weighted by molar-refractivity contribution is 5.93. The molecule has 2 heterocycles. The van der Waals surface area contributed by atoms with Gasteiger partial charge in [-0.05, 0) is 38.1 Å². The summed E-state index contributed by atoms with van der Waals surface area (Å²) in [6, 6.07) is -0.878. The fraction of sp³-hybridized carbons (Fsp3) is 0.667. The summed E-state index contributed by atoms with van der Waals surface area (Å²) in [5.41, 5.74) is 0. The molecule has 1 aliphatic heterocycles. The van der Waals surface area contributed by atoms with E-state index in [0.717, 1.165) is 32.2 Å². The lowest BCUT2D eigenvalue weighted by Crippen LogP contribution is -2.42. The predicted molar refractivity (Wildman–Crippen MR) is 65.9 cm³/mol. The van der Waals surface area contributed by atoms with Crippen LogP contribution in [0.5, 0.6) is 0 Å². The minimum atomic E-state index is -1.03. The Morgan fingerprint density at radius 3 is 2.80 bits per heavy atom. The summed E-state index contributed by atoms with van der Waals surface area (Å²) in [6.45, 7) is 0.886. The molecule has 1 saturated carbocycles. The van der Waals surface area contributed by atoms with E-state index in [1.807, 2.05) is 0 Å². The van der Waals surface area contributed by atoms with Gasteiger partial charge >= 0.3 is 5.97 Å². The average molecular weight is 280 g/mol. The minimum Gasteiger partial charge on any atom is -0.480 e. The molecule has 108 valence electrons. The smallest absolute Gasteiger partial charge is 0.326 e. The van der Waals surface area contributed by atoms with Crippen molar-refractivity contribution < 1.29 is 19.2 Å². The summed E-state index contributed by atoms with van der Waals surface area (Å²) < 4.78 is 5.06. The molecule has 1 aromatic heterocycles. The number of amides is 1. The van der Waals surface area contributed by atoms with Gasteiger partial charge in [0.15, 0.2) is 0 Å². The van der Waals surface area contributed by atoms with Crippen LogP contribution in [0.15, 0.2) is 4.52 Å². The lowest BCUT2D eigenvalue weighted by Gasteiger charge is -2.11. The summed E-state index contributed by atoms with van der Waals surface area (Å²) >= 11 is 0. The van der Waals surface area contributed by atoms with Crippen LogP contribution in [0.3, 0.4) is 0 Å². The molecule has 3 rings (SSSR count). The minimum absolute atomic E-state index is 0.0113. The molecule has 3 N–H and O–H groups in total. The summed E-state index contributed by atoms with van der Waals surface area (Å²) in [5, 5.41) is 18.3. The Bertz CT molecular complexity index is 519. The van der Waals surface area contributed by atoms with Crippen LogP contribution in [0.1, 0.15) is 48.2 Å². The Labute approximate surface area is 114 Å². The summed E-state index contributed by atoms with van der Waals surface area (Å²) in [4.78, 5) is 27.1. The molecule has 2 unspecified atom stereocenters. The first-order valence-corrected chi connectivity index (χ1v) is 6.76. The van der Waals surface area contributed by atoms with E-state index in [4.69, 9.17) is 9.63 Å². The number of hydrogen-bond acceptors (Lipinski definition) is 6. The van der Waals surface area contributed by atoms with Gasteiger partial charge in [0.05, 0.1) is 6.04 Å². The molecular formula is C12H16N4O4. The molecule has 1 saturated heterocycles. The molecule has 2 aliphatic rings. The zero-order chi connectivity index (χ0) is 14.1. The van der Waals surface area contributed by atoms with Gasteiger partial charge in [0.25, 0.3) is 11.7 Å². The fourth-order valence-corrected chi connectivity index (χ4v) is 2.38. The number of carboxylic acid groups (broad SMARTS) is 1. The Morgan fingerprint density at radius 1 is 1.40 bits per heavy atom. The Kier molecular flexibility index (Phi) is 3.39. The largest absolute Gasteiger partial charge is 0.480 e. The van der Waals surface area contributed by atoms with Crippen molar-refractivity contribution in [3.63, 3.8) is 0 Å². The Balaban J connectivity index is 1.65. The molecule has 2 atom stereocenters. The van der Waals surface area contributed by atoms with Crippen molar-refractivity contribution in [3.05, 3.63) is 11.7 Å².